The van der Waals surface area contributed by atoms with Crippen molar-refractivity contribution in [1.82, 2.24) is 0 Å². The third kappa shape index (κ3) is 3.02. The number of hydrogen-bond donors (Lipinski definition) is 0. The zero-order valence-electron chi connectivity index (χ0n) is 6.66. The van der Waals surface area contributed by atoms with Crippen molar-refractivity contribution in [2.24, 2.45) is 0 Å². The topological polar surface area (TPSA) is 78.9 Å². The minimum absolute atomic E-state index is 0.627. The van der Waals surface area contributed by atoms with Crippen molar-refractivity contribution in [2.75, 3.05) is 0 Å². The Morgan fingerprint density at radius 3 is 2.00 bits per heavy atom. The Morgan fingerprint density at radius 1 is 1.13 bits per heavy atom. The van der Waals surface area contributed by atoms with Gasteiger partial charge in [-0.15, -0.1) is 0 Å². The van der Waals surface area contributed by atoms with Crippen LogP contribution in [0.5, 0.6) is 0 Å². The van der Waals surface area contributed by atoms with Crippen LogP contribution in [-0.2, 0) is 28.3 Å². The second-order valence-corrected chi connectivity index (χ2v) is 3.14. The summed E-state index contributed by atoms with van der Waals surface area (Å²) >= 11 is 15.6. The van der Waals surface area contributed by atoms with E-state index < -0.39 is 34.8 Å². The van der Waals surface area contributed by atoms with E-state index >= 15 is 0 Å². The first-order chi connectivity index (χ1) is 6.91. The molecule has 10 heteroatoms. The van der Waals surface area contributed by atoms with Crippen LogP contribution in [0.4, 0.5) is 0 Å². The van der Waals surface area contributed by atoms with E-state index in [0.29, 0.717) is 0 Å². The summed E-state index contributed by atoms with van der Waals surface area (Å²) in [6.07, 6.45) is 0. The zero-order valence-corrected chi connectivity index (χ0v) is 8.93. The second kappa shape index (κ2) is 4.74. The number of rotatable bonds is 3. The Balaban J connectivity index is 2.65. The Kier molecular flexibility index (Phi) is 3.84. The Bertz CT molecular complexity index is 350. The van der Waals surface area contributed by atoms with Gasteiger partial charge in [0.15, 0.2) is 10.3 Å². The summed E-state index contributed by atoms with van der Waals surface area (Å²) in [5, 5.41) is -2.35. The van der Waals surface area contributed by atoms with E-state index in [1.165, 1.54) is 0 Å². The third-order valence-corrected chi connectivity index (χ3v) is 2.12. The lowest BCUT2D eigenvalue weighted by molar-refractivity contribution is -0.150. The first-order valence-corrected chi connectivity index (χ1v) is 4.38. The van der Waals surface area contributed by atoms with E-state index in [-0.39, 0.29) is 0 Å². The second-order valence-electron chi connectivity index (χ2n) is 2.08. The van der Waals surface area contributed by atoms with Gasteiger partial charge < -0.3 is 14.0 Å². The van der Waals surface area contributed by atoms with Crippen molar-refractivity contribution in [1.29, 1.82) is 0 Å². The molecule has 0 atom stereocenters. The molecule has 0 amide bonds. The molecule has 1 heterocycles. The molecule has 1 saturated heterocycles. The Labute approximate surface area is 98.2 Å². The van der Waals surface area contributed by atoms with Crippen LogP contribution in [0.2, 0.25) is 0 Å². The van der Waals surface area contributed by atoms with Crippen LogP contribution < -0.4 is 0 Å². The van der Waals surface area contributed by atoms with Crippen LogP contribution in [0.25, 0.3) is 0 Å². The number of carbonyl (C=O) groups excluding carboxylic acids is 3. The SMILES string of the molecule is O=C1OB(O/C(Cl)=C(/Cl)C(=O)Cl)OC1=O. The van der Waals surface area contributed by atoms with E-state index in [2.05, 4.69) is 14.0 Å². The number of allylic oxidation sites excluding steroid dienone is 1. The van der Waals surface area contributed by atoms with Gasteiger partial charge in [0.1, 0.15) is 0 Å². The summed E-state index contributed by atoms with van der Waals surface area (Å²) in [4.78, 5) is 31.5. The molecule has 1 aliphatic heterocycles. The standard InChI is InChI=1S/C5BCl3O6/c7-1(2(8)10)3(9)13-6-14-4(11)5(12)15-6/b3-1+. The van der Waals surface area contributed by atoms with Crippen molar-refractivity contribution in [3.05, 3.63) is 10.3 Å². The minimum atomic E-state index is -1.66. The molecule has 15 heavy (non-hydrogen) atoms. The normalized spacial score (nSPS) is 16.9. The lowest BCUT2D eigenvalue weighted by Crippen LogP contribution is -2.19. The lowest BCUT2D eigenvalue weighted by Gasteiger charge is -2.04. The number of halogens is 3. The lowest BCUT2D eigenvalue weighted by atomic mass is 10.2. The predicted octanol–water partition coefficient (Wildman–Crippen LogP) is 0.500. The fourth-order valence-electron chi connectivity index (χ4n) is 0.557. The highest BCUT2D eigenvalue weighted by atomic mass is 35.5. The molecule has 0 unspecified atom stereocenters. The molecular formula is C5BCl3O6. The molecule has 80 valence electrons. The third-order valence-electron chi connectivity index (χ3n) is 1.12. The van der Waals surface area contributed by atoms with Gasteiger partial charge in [-0.1, -0.05) is 11.6 Å². The van der Waals surface area contributed by atoms with Crippen molar-refractivity contribution in [3.8, 4) is 0 Å². The molecule has 0 spiro atoms. The van der Waals surface area contributed by atoms with Crippen LogP contribution in [0.1, 0.15) is 0 Å². The molecule has 0 radical (unpaired) electrons. The molecule has 1 fully saturated rings. The Morgan fingerprint density at radius 2 is 1.60 bits per heavy atom. The molecule has 0 aromatic carbocycles. The van der Waals surface area contributed by atoms with E-state index in [1.807, 2.05) is 0 Å². The highest BCUT2D eigenvalue weighted by molar-refractivity contribution is 6.75. The van der Waals surface area contributed by atoms with Gasteiger partial charge in [0.05, 0.1) is 0 Å². The molecule has 1 aliphatic rings. The zero-order chi connectivity index (χ0) is 11.6. The fourth-order valence-corrected chi connectivity index (χ4v) is 0.894. The number of carbonyl (C=O) groups is 3. The summed E-state index contributed by atoms with van der Waals surface area (Å²) in [5.74, 6) is -2.48. The summed E-state index contributed by atoms with van der Waals surface area (Å²) in [6.45, 7) is 0. The van der Waals surface area contributed by atoms with Gasteiger partial charge >= 0.3 is 19.3 Å². The summed E-state index contributed by atoms with van der Waals surface area (Å²) in [5.41, 5.74) is 0. The van der Waals surface area contributed by atoms with Gasteiger partial charge in [0.2, 0.25) is 0 Å². The molecule has 0 saturated carbocycles. The highest BCUT2D eigenvalue weighted by Crippen LogP contribution is 2.20. The Hall–Kier alpha value is -0.915. The van der Waals surface area contributed by atoms with E-state index in [1.54, 1.807) is 0 Å². The fraction of sp³-hybridized carbons (Fsp3) is 0. The van der Waals surface area contributed by atoms with Crippen LogP contribution >= 0.6 is 34.8 Å². The molecular weight excluding hydrogens is 273 g/mol. The van der Waals surface area contributed by atoms with Gasteiger partial charge in [-0.2, -0.15) is 0 Å². The molecule has 0 aromatic rings. The van der Waals surface area contributed by atoms with Gasteiger partial charge in [-0.25, -0.2) is 9.59 Å². The van der Waals surface area contributed by atoms with E-state index in [0.717, 1.165) is 0 Å². The van der Waals surface area contributed by atoms with Crippen LogP contribution in [0, 0.1) is 0 Å². The van der Waals surface area contributed by atoms with Crippen molar-refractivity contribution < 1.29 is 28.3 Å². The van der Waals surface area contributed by atoms with E-state index in [4.69, 9.17) is 34.8 Å². The van der Waals surface area contributed by atoms with Crippen LogP contribution in [-0.4, -0.2) is 24.5 Å². The molecule has 0 N–H and O–H groups in total. The summed E-state index contributed by atoms with van der Waals surface area (Å²) in [7, 11) is -1.66. The quantitative estimate of drug-likeness (QED) is 0.245. The minimum Gasteiger partial charge on any atom is -0.479 e. The van der Waals surface area contributed by atoms with Crippen LogP contribution in [0.15, 0.2) is 10.3 Å². The molecule has 6 nitrogen and oxygen atoms in total. The van der Waals surface area contributed by atoms with Crippen molar-refractivity contribution in [2.45, 2.75) is 0 Å². The summed E-state index contributed by atoms with van der Waals surface area (Å²) in [6, 6.07) is 0. The average Bonchev–Trinajstić information content (AvgIpc) is 2.44. The van der Waals surface area contributed by atoms with Crippen LogP contribution in [0.3, 0.4) is 0 Å². The monoisotopic (exact) mass is 272 g/mol. The molecule has 1 rings (SSSR count). The first kappa shape index (κ1) is 12.2. The summed E-state index contributed by atoms with van der Waals surface area (Å²) < 4.78 is 12.9. The van der Waals surface area contributed by atoms with Crippen molar-refractivity contribution in [3.63, 3.8) is 0 Å². The van der Waals surface area contributed by atoms with Gasteiger partial charge in [-0.05, 0) is 23.2 Å². The predicted molar refractivity (Wildman–Crippen MR) is 48.6 cm³/mol. The van der Waals surface area contributed by atoms with Gasteiger partial charge in [-0.3, -0.25) is 4.79 Å². The number of hydrogen-bond acceptors (Lipinski definition) is 6. The smallest absolute Gasteiger partial charge is 0.479 e. The van der Waals surface area contributed by atoms with Crippen molar-refractivity contribution >= 4 is 59.3 Å². The highest BCUT2D eigenvalue weighted by Gasteiger charge is 2.46. The maximum absolute atomic E-state index is 10.5. The first-order valence-electron chi connectivity index (χ1n) is 3.25. The molecule has 0 aliphatic carbocycles. The van der Waals surface area contributed by atoms with Gasteiger partial charge in [0, 0.05) is 0 Å². The maximum atomic E-state index is 10.5. The molecule has 0 bridgehead atoms. The van der Waals surface area contributed by atoms with E-state index in [9.17, 15) is 14.4 Å². The maximum Gasteiger partial charge on any atom is 0.869 e. The largest absolute Gasteiger partial charge is 0.869 e. The molecule has 0 aromatic heterocycles. The average molecular weight is 273 g/mol. The van der Waals surface area contributed by atoms with Gasteiger partial charge in [0.25, 0.3) is 5.24 Å².